The molecule has 4 aliphatic rings. The van der Waals surface area contributed by atoms with Gasteiger partial charge < -0.3 is 15.1 Å². The zero-order valence-corrected chi connectivity index (χ0v) is 55.4. The monoisotopic (exact) mass is 1380 g/mol. The van der Waals surface area contributed by atoms with Crippen molar-refractivity contribution < 1.29 is 47.9 Å². The molecular weight excluding hydrogens is 1330 g/mol. The molecule has 98 heavy (non-hydrogen) atoms. The number of aliphatic carboxylic acids is 1. The lowest BCUT2D eigenvalue weighted by Crippen LogP contribution is -2.42. The van der Waals surface area contributed by atoms with E-state index in [4.69, 9.17) is 16.3 Å². The minimum absolute atomic E-state index is 0.00979. The molecule has 0 bridgehead atoms. The summed E-state index contributed by atoms with van der Waals surface area (Å²) in [4.78, 5) is 85.1. The number of hydrogen-bond donors (Lipinski definition) is 2. The van der Waals surface area contributed by atoms with Gasteiger partial charge in [0, 0.05) is 78.7 Å². The van der Waals surface area contributed by atoms with Gasteiger partial charge in [0.2, 0.25) is 0 Å². The Morgan fingerprint density at radius 1 is 0.745 bits per heavy atom. The molecule has 1 saturated heterocycles. The van der Waals surface area contributed by atoms with Crippen LogP contribution in [0.2, 0.25) is 5.02 Å². The third-order valence-corrected chi connectivity index (χ3v) is 20.5. The summed E-state index contributed by atoms with van der Waals surface area (Å²) in [5.41, 5.74) is 12.9. The van der Waals surface area contributed by atoms with Gasteiger partial charge >= 0.3 is 12.1 Å². The highest BCUT2D eigenvalue weighted by Gasteiger charge is 2.40. The summed E-state index contributed by atoms with van der Waals surface area (Å²) in [6.07, 6.45) is 2.67. The van der Waals surface area contributed by atoms with Crippen LogP contribution in [-0.2, 0) is 20.1 Å². The fraction of sp³-hybridized carbons (Fsp3) is 0.132. The summed E-state index contributed by atoms with van der Waals surface area (Å²) in [5, 5.41) is 33.8. The molecule has 1 fully saturated rings. The van der Waals surface area contributed by atoms with Crippen LogP contribution in [0.15, 0.2) is 250 Å². The van der Waals surface area contributed by atoms with E-state index in [0.29, 0.717) is 60.8 Å². The van der Waals surface area contributed by atoms with Gasteiger partial charge in [0.05, 0.1) is 39.5 Å². The molecule has 22 heteroatoms. The maximum atomic E-state index is 14.1. The van der Waals surface area contributed by atoms with E-state index in [1.807, 2.05) is 104 Å². The first-order chi connectivity index (χ1) is 47.5. The number of carbonyl (C=O) groups excluding carboxylic acids is 3. The number of aromatic nitrogens is 3. The number of ketones is 2. The predicted octanol–water partition coefficient (Wildman–Crippen LogP) is 16.9. The van der Waals surface area contributed by atoms with Crippen molar-refractivity contribution in [3.63, 3.8) is 0 Å². The first-order valence-electron chi connectivity index (χ1n) is 30.7. The summed E-state index contributed by atoms with van der Waals surface area (Å²) < 4.78 is 34.4. The second-order valence-corrected chi connectivity index (χ2v) is 26.4. The Kier molecular flexibility index (Phi) is 20.5. The lowest BCUT2D eigenvalue weighted by Gasteiger charge is -2.32. The molecule has 2 aliphatic heterocycles. The first-order valence-corrected chi connectivity index (χ1v) is 34.0. The topological polar surface area (TPSA) is 224 Å². The SMILES string of the molecule is CC(=O)C(C(=O)c1ccc(F)cc1)C1c2ccccc2Sc2ccccc21.Cc1ccc2c(c1)/C(=N\O)c1cc([N+](=O)[O-])ccc1-2.O=C(O)[C@@H]1CSCN1C(=O)OCC1c2ccccc2-c2ccccc21.O=c1c2ccccc2nc(SCc2c(F)cccc2Cl)n1-c1cccnc1. The number of pyridine rings is 1. The summed E-state index contributed by atoms with van der Waals surface area (Å²) in [7, 11) is 0. The molecule has 0 spiro atoms. The Balaban J connectivity index is 0.000000125. The van der Waals surface area contributed by atoms with Crippen LogP contribution < -0.4 is 5.56 Å². The molecule has 0 radical (unpaired) electrons. The second-order valence-electron chi connectivity index (χ2n) is 23.0. The minimum atomic E-state index is -0.987. The molecule has 2 atom stereocenters. The van der Waals surface area contributed by atoms with Crippen molar-refractivity contribution in [2.24, 2.45) is 11.1 Å². The van der Waals surface area contributed by atoms with Crippen LogP contribution in [-0.4, -0.2) is 88.3 Å². The number of hydrogen-bond acceptors (Lipinski definition) is 15. The number of ether oxygens (including phenoxy) is 1. The van der Waals surface area contributed by atoms with Crippen LogP contribution in [0.25, 0.3) is 38.8 Å². The lowest BCUT2D eigenvalue weighted by molar-refractivity contribution is -0.384. The molecule has 9 aromatic carbocycles. The van der Waals surface area contributed by atoms with E-state index in [1.165, 1.54) is 93.5 Å². The molecule has 490 valence electrons. The zero-order valence-electron chi connectivity index (χ0n) is 52.2. The number of rotatable bonds is 12. The number of oxime groups is 1. The quantitative estimate of drug-likeness (QED) is 0.0221. The van der Waals surface area contributed by atoms with Gasteiger partial charge in [-0.05, 0) is 143 Å². The van der Waals surface area contributed by atoms with E-state index in [-0.39, 0.29) is 52.8 Å². The molecule has 0 saturated carbocycles. The van der Waals surface area contributed by atoms with Crippen molar-refractivity contribution >= 4 is 92.8 Å². The van der Waals surface area contributed by atoms with Gasteiger partial charge in [0.15, 0.2) is 10.9 Å². The fourth-order valence-electron chi connectivity index (χ4n) is 12.3. The van der Waals surface area contributed by atoms with E-state index in [2.05, 4.69) is 39.4 Å². The average molecular weight is 1380 g/mol. The molecule has 1 unspecified atom stereocenters. The highest BCUT2D eigenvalue weighted by Crippen LogP contribution is 2.50. The predicted molar refractivity (Wildman–Crippen MR) is 376 cm³/mol. The first kappa shape index (κ1) is 67.4. The summed E-state index contributed by atoms with van der Waals surface area (Å²) in [5.74, 6) is -2.46. The number of nitro benzene ring substituents is 1. The van der Waals surface area contributed by atoms with Crippen molar-refractivity contribution in [1.82, 2.24) is 19.4 Å². The summed E-state index contributed by atoms with van der Waals surface area (Å²) in [6.45, 7) is 3.61. The van der Waals surface area contributed by atoms with Crippen LogP contribution in [0, 0.1) is 34.6 Å². The Hall–Kier alpha value is -10.6. The van der Waals surface area contributed by atoms with Crippen molar-refractivity contribution in [3.8, 4) is 27.9 Å². The van der Waals surface area contributed by atoms with Crippen LogP contribution in [0.1, 0.15) is 73.6 Å². The van der Waals surface area contributed by atoms with Crippen LogP contribution in [0.4, 0.5) is 19.3 Å². The molecule has 1 amide bonds. The number of nitro groups is 1. The number of benzene rings is 9. The maximum absolute atomic E-state index is 14.1. The number of non-ortho nitro benzene ring substituents is 1. The molecule has 2 aromatic heterocycles. The molecular formula is C76H57ClF2N6O10S3. The van der Waals surface area contributed by atoms with Crippen molar-refractivity contribution in [3.05, 3.63) is 312 Å². The van der Waals surface area contributed by atoms with Crippen LogP contribution in [0.5, 0.6) is 0 Å². The molecule has 16 nitrogen and oxygen atoms in total. The van der Waals surface area contributed by atoms with Gasteiger partial charge in [-0.15, -0.1) is 11.8 Å². The number of Topliss-reactive ketones (excluding diaryl/α,β-unsaturated/α-hetero) is 2. The molecule has 4 heterocycles. The number of aryl methyl sites for hydroxylation is 1. The number of halogens is 3. The fourth-order valence-corrected chi connectivity index (χ4v) is 16.0. The number of amides is 1. The number of carboxylic acids is 1. The lowest BCUT2D eigenvalue weighted by atomic mass is 9.75. The number of fused-ring (bicyclic) bond motifs is 9. The van der Waals surface area contributed by atoms with Gasteiger partial charge in [0.25, 0.3) is 11.2 Å². The highest BCUT2D eigenvalue weighted by molar-refractivity contribution is 7.99. The van der Waals surface area contributed by atoms with E-state index < -0.39 is 34.8 Å². The standard InChI is InChI=1S/C23H17FO2S.C20H13ClFN3OS.C19H17NO4S.C14H10N2O3/c1-14(25)21(23(26)15-10-12-16(24)13-11-15)22-17-6-2-4-8-19(17)27-20-9-5-3-7-18(20)22;21-16-7-3-8-17(22)15(16)12-27-20-24-18-9-2-1-6-14(18)19(26)25(20)13-5-4-10-23-11-13;21-18(22)17-10-25-11-20(17)19(23)24-9-16-14-7-3-1-5-12(14)13-6-2-4-8-15(13)16;1-8-2-4-10-11-5-3-9(16(18)19)7-13(11)14(15-17)12(10)6-8/h2-13,21-22H,1H3;1-11H,12H2;1-8,16-17H,9-11H2,(H,21,22);2-7,17H,1H3/b;;;15-14+/t;;17-;/m..0./s1. The van der Waals surface area contributed by atoms with Gasteiger partial charge in [-0.25, -0.2) is 23.4 Å². The van der Waals surface area contributed by atoms with Crippen LogP contribution >= 0.6 is 46.9 Å². The third-order valence-electron chi connectivity index (χ3n) is 17.0. The van der Waals surface area contributed by atoms with Crippen molar-refractivity contribution in [2.75, 3.05) is 18.2 Å². The average Bonchev–Trinajstić information content (AvgIpc) is 1.37. The smallest absolute Gasteiger partial charge is 0.411 e. The van der Waals surface area contributed by atoms with E-state index >= 15 is 0 Å². The number of thioether (sulfide) groups is 2. The molecule has 2 aliphatic carbocycles. The Bertz CT molecular complexity index is 4910. The van der Waals surface area contributed by atoms with Gasteiger partial charge in [-0.1, -0.05) is 161 Å². The molecule has 11 aromatic rings. The summed E-state index contributed by atoms with van der Waals surface area (Å²) in [6, 6.07) is 62.3. The molecule has 15 rings (SSSR count). The minimum Gasteiger partial charge on any atom is -0.480 e. The number of para-hydroxylation sites is 1. The van der Waals surface area contributed by atoms with Crippen molar-refractivity contribution in [1.29, 1.82) is 0 Å². The second kappa shape index (κ2) is 29.8. The Morgan fingerprint density at radius 3 is 1.99 bits per heavy atom. The third kappa shape index (κ3) is 14.0. The van der Waals surface area contributed by atoms with E-state index in [0.717, 1.165) is 54.3 Å². The maximum Gasteiger partial charge on any atom is 0.411 e. The zero-order chi connectivity index (χ0) is 68.7. The molecule has 2 N–H and O–H groups in total. The summed E-state index contributed by atoms with van der Waals surface area (Å²) >= 11 is 10.5. The number of carbonyl (C=O) groups is 4. The van der Waals surface area contributed by atoms with E-state index in [1.54, 1.807) is 72.7 Å². The Labute approximate surface area is 578 Å². The van der Waals surface area contributed by atoms with Gasteiger partial charge in [0.1, 0.15) is 35.8 Å². The Morgan fingerprint density at radius 2 is 1.37 bits per heavy atom. The van der Waals surface area contributed by atoms with Gasteiger partial charge in [-0.3, -0.25) is 38.9 Å². The number of nitrogens with zero attached hydrogens (tertiary/aromatic N) is 6. The largest absolute Gasteiger partial charge is 0.480 e. The highest BCUT2D eigenvalue weighted by atomic mass is 35.5. The van der Waals surface area contributed by atoms with Gasteiger partial charge in [-0.2, -0.15) is 0 Å². The van der Waals surface area contributed by atoms with E-state index in [9.17, 15) is 53.2 Å². The normalized spacial score (nSPS) is 14.5. The van der Waals surface area contributed by atoms with Crippen LogP contribution in [0.3, 0.4) is 0 Å². The number of carboxylic acid groups (broad SMARTS) is 1. The van der Waals surface area contributed by atoms with Crippen molar-refractivity contribution in [2.45, 2.75) is 52.4 Å².